The summed E-state index contributed by atoms with van der Waals surface area (Å²) in [7, 11) is 0. The molecule has 0 spiro atoms. The molecule has 1 amide bonds. The fourth-order valence-electron chi connectivity index (χ4n) is 2.75. The molecule has 0 bridgehead atoms. The molecule has 5 heteroatoms. The normalized spacial score (nSPS) is 10.7. The van der Waals surface area contributed by atoms with E-state index < -0.39 is 0 Å². The van der Waals surface area contributed by atoms with E-state index >= 15 is 0 Å². The fraction of sp³-hybridized carbons (Fsp3) is 0.429. The predicted molar refractivity (Wildman–Crippen MR) is 109 cm³/mol. The van der Waals surface area contributed by atoms with Crippen molar-refractivity contribution in [1.82, 2.24) is 10.3 Å². The van der Waals surface area contributed by atoms with Gasteiger partial charge in [0.2, 0.25) is 0 Å². The van der Waals surface area contributed by atoms with Gasteiger partial charge in [-0.1, -0.05) is 13.8 Å². The lowest BCUT2D eigenvalue weighted by molar-refractivity contribution is 0.0949. The number of hydrogen-bond donors (Lipinski definition) is 2. The van der Waals surface area contributed by atoms with Gasteiger partial charge in [-0.05, 0) is 62.6 Å². The summed E-state index contributed by atoms with van der Waals surface area (Å²) in [6.07, 6.45) is 1.66. The largest absolute Gasteiger partial charge is 0.372 e. The second kappa shape index (κ2) is 9.22. The number of pyridine rings is 1. The Morgan fingerprint density at radius 3 is 2.50 bits per heavy atom. The van der Waals surface area contributed by atoms with Gasteiger partial charge in [-0.25, -0.2) is 4.98 Å². The Bertz CT molecular complexity index is 739. The van der Waals surface area contributed by atoms with Crippen LogP contribution in [0.5, 0.6) is 0 Å². The number of hydrogen-bond acceptors (Lipinski definition) is 4. The highest BCUT2D eigenvalue weighted by Gasteiger charge is 2.09. The summed E-state index contributed by atoms with van der Waals surface area (Å²) in [6, 6.07) is 9.87. The number of nitrogens with zero attached hydrogens (tertiary/aromatic N) is 2. The third-order valence-electron chi connectivity index (χ3n) is 4.29. The maximum Gasteiger partial charge on any atom is 0.251 e. The quantitative estimate of drug-likeness (QED) is 0.739. The number of aryl methyl sites for hydroxylation is 1. The molecule has 5 nitrogen and oxygen atoms in total. The van der Waals surface area contributed by atoms with Crippen molar-refractivity contribution in [3.8, 4) is 0 Å². The maximum atomic E-state index is 12.2. The summed E-state index contributed by atoms with van der Waals surface area (Å²) in [5.74, 6) is 1.02. The number of carbonyl (C=O) groups is 1. The van der Waals surface area contributed by atoms with Crippen LogP contribution in [0, 0.1) is 12.8 Å². The highest BCUT2D eigenvalue weighted by atomic mass is 16.1. The van der Waals surface area contributed by atoms with E-state index in [-0.39, 0.29) is 5.91 Å². The number of anilines is 3. The third kappa shape index (κ3) is 5.22. The smallest absolute Gasteiger partial charge is 0.251 e. The summed E-state index contributed by atoms with van der Waals surface area (Å²) in [4.78, 5) is 18.9. The molecule has 0 saturated carbocycles. The lowest BCUT2D eigenvalue weighted by atomic mass is 10.1. The summed E-state index contributed by atoms with van der Waals surface area (Å²) in [6.45, 7) is 13.2. The van der Waals surface area contributed by atoms with Gasteiger partial charge in [-0.15, -0.1) is 0 Å². The molecule has 140 valence electrons. The van der Waals surface area contributed by atoms with Crippen molar-refractivity contribution in [2.24, 2.45) is 5.92 Å². The summed E-state index contributed by atoms with van der Waals surface area (Å²) >= 11 is 0. The number of nitrogens with one attached hydrogen (secondary N) is 2. The number of amides is 1. The number of carbonyl (C=O) groups excluding carboxylic acids is 1. The van der Waals surface area contributed by atoms with Crippen LogP contribution in [-0.4, -0.2) is 30.5 Å². The average Bonchev–Trinajstić information content (AvgIpc) is 2.63. The molecule has 26 heavy (non-hydrogen) atoms. The molecule has 2 aromatic rings. The van der Waals surface area contributed by atoms with Gasteiger partial charge >= 0.3 is 0 Å². The first-order valence-corrected chi connectivity index (χ1v) is 9.31. The van der Waals surface area contributed by atoms with E-state index in [2.05, 4.69) is 73.3 Å². The second-order valence-corrected chi connectivity index (χ2v) is 6.83. The molecule has 0 radical (unpaired) electrons. The lowest BCUT2D eigenvalue weighted by Gasteiger charge is -2.22. The Balaban J connectivity index is 2.13. The van der Waals surface area contributed by atoms with Gasteiger partial charge in [0.1, 0.15) is 5.82 Å². The van der Waals surface area contributed by atoms with Crippen molar-refractivity contribution in [3.05, 3.63) is 47.7 Å². The Labute approximate surface area is 156 Å². The van der Waals surface area contributed by atoms with Crippen molar-refractivity contribution in [2.45, 2.75) is 34.6 Å². The molecule has 0 aliphatic heterocycles. The zero-order chi connectivity index (χ0) is 19.1. The van der Waals surface area contributed by atoms with Crippen LogP contribution in [0.2, 0.25) is 0 Å². The highest BCUT2D eigenvalue weighted by molar-refractivity contribution is 5.94. The maximum absolute atomic E-state index is 12.2. The molecule has 0 saturated heterocycles. The van der Waals surface area contributed by atoms with E-state index in [0.29, 0.717) is 23.8 Å². The van der Waals surface area contributed by atoms with Gasteiger partial charge in [0.05, 0.1) is 0 Å². The van der Waals surface area contributed by atoms with E-state index in [1.165, 1.54) is 5.69 Å². The minimum absolute atomic E-state index is 0.0715. The van der Waals surface area contributed by atoms with Gasteiger partial charge in [-0.3, -0.25) is 4.79 Å². The first-order chi connectivity index (χ1) is 12.4. The molecule has 0 unspecified atom stereocenters. The Morgan fingerprint density at radius 2 is 1.88 bits per heavy atom. The van der Waals surface area contributed by atoms with E-state index in [4.69, 9.17) is 0 Å². The van der Waals surface area contributed by atoms with Crippen LogP contribution in [-0.2, 0) is 0 Å². The monoisotopic (exact) mass is 354 g/mol. The van der Waals surface area contributed by atoms with Crippen LogP contribution in [0.25, 0.3) is 0 Å². The SMILES string of the molecule is CCN(CC)c1ccc(Nc2cc(C(=O)NCC(C)C)ccn2)c(C)c1. The van der Waals surface area contributed by atoms with Gasteiger partial charge in [-0.2, -0.15) is 0 Å². The first kappa shape index (κ1) is 19.8. The fourth-order valence-corrected chi connectivity index (χ4v) is 2.75. The number of rotatable bonds is 8. The van der Waals surface area contributed by atoms with Gasteiger partial charge in [0.15, 0.2) is 0 Å². The van der Waals surface area contributed by atoms with Crippen LogP contribution < -0.4 is 15.5 Å². The Morgan fingerprint density at radius 1 is 1.15 bits per heavy atom. The van der Waals surface area contributed by atoms with Gasteiger partial charge < -0.3 is 15.5 Å². The van der Waals surface area contributed by atoms with E-state index in [9.17, 15) is 4.79 Å². The van der Waals surface area contributed by atoms with E-state index in [1.54, 1.807) is 18.3 Å². The standard InChI is InChI=1S/C21H30N4O/c1-6-25(7-2)18-8-9-19(16(5)12-18)24-20-13-17(10-11-22-20)21(26)23-14-15(3)4/h8-13,15H,6-7,14H2,1-5H3,(H,22,24)(H,23,26). The molecule has 0 atom stereocenters. The summed E-state index contributed by atoms with van der Waals surface area (Å²) in [5, 5.41) is 6.26. The minimum Gasteiger partial charge on any atom is -0.372 e. The number of benzene rings is 1. The van der Waals surface area contributed by atoms with Crippen molar-refractivity contribution in [1.29, 1.82) is 0 Å². The van der Waals surface area contributed by atoms with Gasteiger partial charge in [0.25, 0.3) is 5.91 Å². The zero-order valence-electron chi connectivity index (χ0n) is 16.5. The van der Waals surface area contributed by atoms with Crippen molar-refractivity contribution >= 4 is 23.1 Å². The topological polar surface area (TPSA) is 57.3 Å². The third-order valence-corrected chi connectivity index (χ3v) is 4.29. The highest BCUT2D eigenvalue weighted by Crippen LogP contribution is 2.25. The molecule has 2 rings (SSSR count). The molecular weight excluding hydrogens is 324 g/mol. The van der Waals surface area contributed by atoms with Crippen LogP contribution in [0.1, 0.15) is 43.6 Å². The minimum atomic E-state index is -0.0715. The molecular formula is C21H30N4O. The van der Waals surface area contributed by atoms with Crippen molar-refractivity contribution in [3.63, 3.8) is 0 Å². The molecule has 1 aromatic carbocycles. The number of aromatic nitrogens is 1. The summed E-state index contributed by atoms with van der Waals surface area (Å²) in [5.41, 5.74) is 3.97. The zero-order valence-corrected chi connectivity index (χ0v) is 16.5. The molecule has 0 fully saturated rings. The predicted octanol–water partition coefficient (Wildman–Crippen LogP) is 4.37. The Hall–Kier alpha value is -2.56. The van der Waals surface area contributed by atoms with E-state index in [0.717, 1.165) is 24.3 Å². The Kier molecular flexibility index (Phi) is 7.01. The van der Waals surface area contributed by atoms with Crippen molar-refractivity contribution < 1.29 is 4.79 Å². The second-order valence-electron chi connectivity index (χ2n) is 6.83. The van der Waals surface area contributed by atoms with Crippen LogP contribution in [0.15, 0.2) is 36.5 Å². The molecule has 1 heterocycles. The molecule has 0 aliphatic carbocycles. The molecule has 2 N–H and O–H groups in total. The lowest BCUT2D eigenvalue weighted by Crippen LogP contribution is -2.27. The summed E-state index contributed by atoms with van der Waals surface area (Å²) < 4.78 is 0. The first-order valence-electron chi connectivity index (χ1n) is 9.31. The van der Waals surface area contributed by atoms with E-state index in [1.807, 2.05) is 0 Å². The van der Waals surface area contributed by atoms with Crippen LogP contribution in [0.3, 0.4) is 0 Å². The molecule has 1 aromatic heterocycles. The van der Waals surface area contributed by atoms with Crippen LogP contribution in [0.4, 0.5) is 17.2 Å². The van der Waals surface area contributed by atoms with Gasteiger partial charge in [0, 0.05) is 42.8 Å². The average molecular weight is 354 g/mol. The van der Waals surface area contributed by atoms with Crippen molar-refractivity contribution in [2.75, 3.05) is 29.9 Å². The van der Waals surface area contributed by atoms with Crippen LogP contribution >= 0.6 is 0 Å². The molecule has 0 aliphatic rings.